The van der Waals surface area contributed by atoms with Gasteiger partial charge in [0.05, 0.1) is 33.7 Å². The number of benzene rings is 2. The molecule has 0 saturated carbocycles. The fourth-order valence-corrected chi connectivity index (χ4v) is 5.01. The SMILES string of the molecule is CCCS(=O)(=O)c1ccccc1Nc1nc(Nc2cc(C(=O)O)nc3ccccc23)ncc1Cl. The molecule has 2 aromatic carbocycles. The largest absolute Gasteiger partial charge is 0.477 e. The summed E-state index contributed by atoms with van der Waals surface area (Å²) in [5.41, 5.74) is 1.14. The second-order valence-electron chi connectivity index (χ2n) is 7.33. The summed E-state index contributed by atoms with van der Waals surface area (Å²) in [5, 5.41) is 16.3. The first kappa shape index (κ1) is 23.4. The number of nitrogens with one attached hydrogen (secondary N) is 2. The molecule has 9 nitrogen and oxygen atoms in total. The Morgan fingerprint density at radius 2 is 1.76 bits per heavy atom. The van der Waals surface area contributed by atoms with Gasteiger partial charge in [-0.2, -0.15) is 4.98 Å². The Morgan fingerprint density at radius 1 is 1.03 bits per heavy atom. The van der Waals surface area contributed by atoms with Crippen molar-refractivity contribution >= 4 is 61.5 Å². The summed E-state index contributed by atoms with van der Waals surface area (Å²) in [6, 6.07) is 15.0. The van der Waals surface area contributed by atoms with E-state index >= 15 is 0 Å². The van der Waals surface area contributed by atoms with Crippen LogP contribution in [0.3, 0.4) is 0 Å². The highest BCUT2D eigenvalue weighted by atomic mass is 35.5. The standard InChI is InChI=1S/C23H20ClN5O4S/c1-2-11-34(32,33)20-10-6-5-9-17(20)27-21-15(24)13-25-23(29-21)28-18-12-19(22(30)31)26-16-8-4-3-7-14(16)18/h3-10,12-13H,2,11H2,1H3,(H,30,31)(H2,25,26,27,28,29). The molecule has 0 aliphatic rings. The van der Waals surface area contributed by atoms with E-state index in [1.54, 1.807) is 49.4 Å². The molecule has 2 heterocycles. The molecule has 0 fully saturated rings. The maximum atomic E-state index is 12.7. The number of hydrogen-bond donors (Lipinski definition) is 3. The fraction of sp³-hybridized carbons (Fsp3) is 0.130. The second-order valence-corrected chi connectivity index (χ2v) is 9.82. The fourth-order valence-electron chi connectivity index (χ4n) is 3.37. The first-order chi connectivity index (χ1) is 16.3. The molecule has 0 saturated heterocycles. The molecule has 11 heteroatoms. The third kappa shape index (κ3) is 4.92. The summed E-state index contributed by atoms with van der Waals surface area (Å²) in [6.07, 6.45) is 1.85. The van der Waals surface area contributed by atoms with Crippen LogP contribution in [0.1, 0.15) is 23.8 Å². The molecule has 34 heavy (non-hydrogen) atoms. The van der Waals surface area contributed by atoms with Gasteiger partial charge in [0.25, 0.3) is 0 Å². The highest BCUT2D eigenvalue weighted by Gasteiger charge is 2.19. The molecule has 0 bridgehead atoms. The normalized spacial score (nSPS) is 11.4. The minimum Gasteiger partial charge on any atom is -0.477 e. The summed E-state index contributed by atoms with van der Waals surface area (Å²) in [6.45, 7) is 1.80. The van der Waals surface area contributed by atoms with Gasteiger partial charge in [0.15, 0.2) is 21.3 Å². The van der Waals surface area contributed by atoms with Crippen molar-refractivity contribution in [2.24, 2.45) is 0 Å². The van der Waals surface area contributed by atoms with E-state index in [1.165, 1.54) is 18.3 Å². The van der Waals surface area contributed by atoms with Crippen LogP contribution < -0.4 is 10.6 Å². The molecule has 4 aromatic rings. The number of carboxylic acid groups (broad SMARTS) is 1. The van der Waals surface area contributed by atoms with E-state index in [0.717, 1.165) is 0 Å². The van der Waals surface area contributed by atoms with Gasteiger partial charge in [-0.3, -0.25) is 0 Å². The molecule has 0 radical (unpaired) electrons. The Labute approximate surface area is 200 Å². The minimum atomic E-state index is -3.50. The topological polar surface area (TPSA) is 134 Å². The van der Waals surface area contributed by atoms with Crippen molar-refractivity contribution < 1.29 is 18.3 Å². The summed E-state index contributed by atoms with van der Waals surface area (Å²) < 4.78 is 25.4. The van der Waals surface area contributed by atoms with E-state index < -0.39 is 15.8 Å². The smallest absolute Gasteiger partial charge is 0.354 e. The maximum absolute atomic E-state index is 12.7. The van der Waals surface area contributed by atoms with Crippen molar-refractivity contribution in [2.75, 3.05) is 16.4 Å². The number of nitrogens with zero attached hydrogens (tertiary/aromatic N) is 3. The Hall–Kier alpha value is -3.76. The van der Waals surface area contributed by atoms with Gasteiger partial charge in [0.2, 0.25) is 5.95 Å². The van der Waals surface area contributed by atoms with Crippen LogP contribution in [0.5, 0.6) is 0 Å². The molecule has 0 atom stereocenters. The average molecular weight is 498 g/mol. The van der Waals surface area contributed by atoms with E-state index in [4.69, 9.17) is 11.6 Å². The van der Waals surface area contributed by atoms with Crippen LogP contribution in [0.2, 0.25) is 5.02 Å². The van der Waals surface area contributed by atoms with Crippen molar-refractivity contribution in [1.29, 1.82) is 0 Å². The minimum absolute atomic E-state index is 0.0109. The van der Waals surface area contributed by atoms with E-state index in [9.17, 15) is 18.3 Å². The van der Waals surface area contributed by atoms with E-state index in [1.807, 2.05) is 0 Å². The number of para-hydroxylation sites is 2. The molecule has 174 valence electrons. The van der Waals surface area contributed by atoms with Gasteiger partial charge in [-0.25, -0.2) is 23.2 Å². The zero-order valence-electron chi connectivity index (χ0n) is 18.0. The van der Waals surface area contributed by atoms with E-state index in [-0.39, 0.29) is 33.1 Å². The lowest BCUT2D eigenvalue weighted by Gasteiger charge is -2.14. The molecule has 3 N–H and O–H groups in total. The van der Waals surface area contributed by atoms with Crippen LogP contribution in [-0.4, -0.2) is 40.2 Å². The number of aromatic nitrogens is 3. The van der Waals surface area contributed by atoms with Crippen LogP contribution in [-0.2, 0) is 9.84 Å². The molecule has 0 unspecified atom stereocenters. The summed E-state index contributed by atoms with van der Waals surface area (Å²) >= 11 is 6.29. The Morgan fingerprint density at radius 3 is 2.53 bits per heavy atom. The van der Waals surface area contributed by atoms with Crippen molar-refractivity contribution in [3.05, 3.63) is 71.5 Å². The zero-order chi connectivity index (χ0) is 24.3. The van der Waals surface area contributed by atoms with Gasteiger partial charge in [-0.1, -0.05) is 48.9 Å². The van der Waals surface area contributed by atoms with Gasteiger partial charge in [0, 0.05) is 5.39 Å². The number of sulfone groups is 1. The Bertz CT molecular complexity index is 1490. The number of anilines is 4. The molecular weight excluding hydrogens is 478 g/mol. The molecule has 0 amide bonds. The molecule has 0 aliphatic heterocycles. The monoisotopic (exact) mass is 497 g/mol. The van der Waals surface area contributed by atoms with E-state index in [2.05, 4.69) is 25.6 Å². The van der Waals surface area contributed by atoms with Crippen LogP contribution >= 0.6 is 11.6 Å². The predicted octanol–water partition coefficient (Wildman–Crippen LogP) is 5.05. The molecule has 2 aromatic heterocycles. The van der Waals surface area contributed by atoms with Gasteiger partial charge >= 0.3 is 5.97 Å². The average Bonchev–Trinajstić information content (AvgIpc) is 2.81. The number of carboxylic acids is 1. The van der Waals surface area contributed by atoms with E-state index in [0.29, 0.717) is 28.7 Å². The van der Waals surface area contributed by atoms with Crippen molar-refractivity contribution in [2.45, 2.75) is 18.2 Å². The lowest BCUT2D eigenvalue weighted by atomic mass is 10.1. The number of carbonyl (C=O) groups is 1. The summed E-state index contributed by atoms with van der Waals surface area (Å²) in [7, 11) is -3.50. The van der Waals surface area contributed by atoms with Crippen molar-refractivity contribution in [3.63, 3.8) is 0 Å². The molecular formula is C23H20ClN5O4S. The van der Waals surface area contributed by atoms with Crippen molar-refractivity contribution in [3.8, 4) is 0 Å². The van der Waals surface area contributed by atoms with Gasteiger partial charge in [-0.15, -0.1) is 0 Å². The summed E-state index contributed by atoms with van der Waals surface area (Å²) in [5.74, 6) is -0.835. The summed E-state index contributed by atoms with van der Waals surface area (Å²) in [4.78, 5) is 24.4. The second kappa shape index (κ2) is 9.62. The first-order valence-corrected chi connectivity index (χ1v) is 12.3. The molecule has 0 aliphatic carbocycles. The quantitative estimate of drug-likeness (QED) is 0.305. The first-order valence-electron chi connectivity index (χ1n) is 10.3. The lowest BCUT2D eigenvalue weighted by Crippen LogP contribution is -2.10. The number of hydrogen-bond acceptors (Lipinski definition) is 8. The van der Waals surface area contributed by atoms with Gasteiger partial charge in [0.1, 0.15) is 5.02 Å². The number of halogens is 1. The van der Waals surface area contributed by atoms with Gasteiger partial charge in [-0.05, 0) is 30.7 Å². The van der Waals surface area contributed by atoms with Crippen LogP contribution in [0, 0.1) is 0 Å². The maximum Gasteiger partial charge on any atom is 0.354 e. The number of rotatable bonds is 8. The number of pyridine rings is 1. The van der Waals surface area contributed by atoms with Gasteiger partial charge < -0.3 is 15.7 Å². The lowest BCUT2D eigenvalue weighted by molar-refractivity contribution is 0.0691. The zero-order valence-corrected chi connectivity index (χ0v) is 19.6. The van der Waals surface area contributed by atoms with Crippen molar-refractivity contribution in [1.82, 2.24) is 15.0 Å². The Balaban J connectivity index is 1.71. The molecule has 4 rings (SSSR count). The number of fused-ring (bicyclic) bond motifs is 1. The third-order valence-electron chi connectivity index (χ3n) is 4.87. The predicted molar refractivity (Wildman–Crippen MR) is 131 cm³/mol. The molecule has 0 spiro atoms. The highest BCUT2D eigenvalue weighted by Crippen LogP contribution is 2.31. The third-order valence-corrected chi connectivity index (χ3v) is 7.12. The Kier molecular flexibility index (Phi) is 6.62. The van der Waals surface area contributed by atoms with Crippen LogP contribution in [0.4, 0.5) is 23.1 Å². The van der Waals surface area contributed by atoms with Crippen LogP contribution in [0.15, 0.2) is 65.7 Å². The van der Waals surface area contributed by atoms with Crippen LogP contribution in [0.25, 0.3) is 10.9 Å². The number of aromatic carboxylic acids is 1. The highest BCUT2D eigenvalue weighted by molar-refractivity contribution is 7.91.